The minimum Gasteiger partial charge on any atom is -0.408 e. The van der Waals surface area contributed by atoms with Crippen LogP contribution in [0.4, 0.5) is 0 Å². The van der Waals surface area contributed by atoms with Crippen LogP contribution in [-0.2, 0) is 23.4 Å². The van der Waals surface area contributed by atoms with Crippen LogP contribution in [0.25, 0.3) is 22.3 Å². The van der Waals surface area contributed by atoms with Gasteiger partial charge in [0.1, 0.15) is 59.3 Å². The van der Waals surface area contributed by atoms with Gasteiger partial charge in [0.2, 0.25) is 0 Å². The lowest BCUT2D eigenvalue weighted by Crippen LogP contribution is -2.52. The highest BCUT2D eigenvalue weighted by molar-refractivity contribution is 6.74. The van der Waals surface area contributed by atoms with Crippen LogP contribution >= 0.6 is 0 Å². The van der Waals surface area contributed by atoms with Crippen molar-refractivity contribution in [3.8, 4) is 0 Å². The van der Waals surface area contributed by atoms with Gasteiger partial charge in [-0.1, -0.05) is 27.7 Å². The number of hydrogen-bond donors (Lipinski definition) is 2. The number of hydrogen-bond acceptors (Lipinski definition) is 13. The van der Waals surface area contributed by atoms with Crippen molar-refractivity contribution in [2.75, 3.05) is 19.8 Å². The normalized spacial score (nSPS) is 33.2. The maximum absolute atomic E-state index is 10.4. The van der Waals surface area contributed by atoms with Crippen molar-refractivity contribution < 1.29 is 33.6 Å². The molecule has 16 heteroatoms. The second kappa shape index (κ2) is 11.3. The van der Waals surface area contributed by atoms with E-state index in [1.807, 2.05) is 29.9 Å². The van der Waals surface area contributed by atoms with E-state index >= 15 is 0 Å². The third-order valence-electron chi connectivity index (χ3n) is 10.7. The Morgan fingerprint density at radius 1 is 0.851 bits per heavy atom. The van der Waals surface area contributed by atoms with E-state index in [0.29, 0.717) is 30.9 Å². The molecule has 8 atom stereocenters. The number of aromatic nitrogens is 8. The first-order chi connectivity index (χ1) is 22.3. The second-order valence-corrected chi connectivity index (χ2v) is 19.3. The summed E-state index contributed by atoms with van der Waals surface area (Å²) in [6.07, 6.45) is 4.66. The summed E-state index contributed by atoms with van der Waals surface area (Å²) in [5.41, 5.74) is 3.07. The zero-order valence-corrected chi connectivity index (χ0v) is 29.1. The van der Waals surface area contributed by atoms with Crippen molar-refractivity contribution in [1.29, 1.82) is 0 Å². The summed E-state index contributed by atoms with van der Waals surface area (Å²) in [4.78, 5) is 25.8. The van der Waals surface area contributed by atoms with Crippen LogP contribution in [0.5, 0.6) is 0 Å². The van der Waals surface area contributed by atoms with Gasteiger partial charge >= 0.3 is 0 Å². The Labute approximate surface area is 273 Å². The molecule has 0 radical (unpaired) electrons. The molecule has 0 amide bonds. The predicted octanol–water partition coefficient (Wildman–Crippen LogP) is 2.76. The van der Waals surface area contributed by atoms with Crippen molar-refractivity contribution in [2.45, 2.75) is 114 Å². The molecule has 8 rings (SSSR count). The van der Waals surface area contributed by atoms with Gasteiger partial charge in [-0.3, -0.25) is 9.13 Å². The molecule has 47 heavy (non-hydrogen) atoms. The van der Waals surface area contributed by atoms with Gasteiger partial charge in [0, 0.05) is 0 Å². The monoisotopic (exact) mass is 668 g/mol. The Balaban J connectivity index is 0.000000156. The summed E-state index contributed by atoms with van der Waals surface area (Å²) in [7, 11) is -2.08. The van der Waals surface area contributed by atoms with E-state index in [1.54, 1.807) is 12.7 Å². The van der Waals surface area contributed by atoms with Gasteiger partial charge in [0.15, 0.2) is 32.1 Å². The molecule has 4 bridgehead atoms. The molecule has 0 aliphatic carbocycles. The highest BCUT2D eigenvalue weighted by atomic mass is 28.4. The first-order valence-electron chi connectivity index (χ1n) is 16.1. The van der Waals surface area contributed by atoms with Crippen LogP contribution in [0.1, 0.15) is 58.0 Å². The van der Waals surface area contributed by atoms with E-state index < -0.39 is 38.1 Å². The minimum atomic E-state index is -2.08. The lowest BCUT2D eigenvalue weighted by molar-refractivity contribution is -0.185. The van der Waals surface area contributed by atoms with Gasteiger partial charge in [-0.2, -0.15) is 0 Å². The average molecular weight is 669 g/mol. The van der Waals surface area contributed by atoms with Gasteiger partial charge in [-0.05, 0) is 38.4 Å². The van der Waals surface area contributed by atoms with Crippen LogP contribution in [0.15, 0.2) is 25.3 Å². The lowest BCUT2D eigenvalue weighted by atomic mass is 9.96. The molecule has 4 saturated heterocycles. The Morgan fingerprint density at radius 2 is 1.36 bits per heavy atom. The number of aliphatic hydroxyl groups excluding tert-OH is 2. The average Bonchev–Trinajstić information content (AvgIpc) is 3.88. The molecule has 4 aliphatic heterocycles. The van der Waals surface area contributed by atoms with Crippen molar-refractivity contribution in [3.05, 3.63) is 36.7 Å². The number of fused-ring (bicyclic) bond motifs is 6. The molecule has 4 aromatic heterocycles. The van der Waals surface area contributed by atoms with Gasteiger partial charge in [0.05, 0.1) is 43.9 Å². The molecule has 0 saturated carbocycles. The second-order valence-electron chi connectivity index (χ2n) is 14.5. The number of aliphatic hydroxyl groups is 2. The Kier molecular flexibility index (Phi) is 7.83. The van der Waals surface area contributed by atoms with E-state index in [-0.39, 0.29) is 30.0 Å². The Hall–Kier alpha value is -2.96. The van der Waals surface area contributed by atoms with Gasteiger partial charge in [0.25, 0.3) is 0 Å². The molecule has 0 spiro atoms. The van der Waals surface area contributed by atoms with Gasteiger partial charge < -0.3 is 33.6 Å². The minimum absolute atomic E-state index is 0.0488. The summed E-state index contributed by atoms with van der Waals surface area (Å²) in [5.74, 6) is 0. The van der Waals surface area contributed by atoms with E-state index in [4.69, 9.17) is 23.4 Å². The maximum atomic E-state index is 10.4. The summed E-state index contributed by atoms with van der Waals surface area (Å²) in [6.45, 7) is 17.4. The highest BCUT2D eigenvalue weighted by Gasteiger charge is 2.64. The van der Waals surface area contributed by atoms with Crippen molar-refractivity contribution >= 4 is 30.6 Å². The van der Waals surface area contributed by atoms with Crippen LogP contribution < -0.4 is 0 Å². The fourth-order valence-electron chi connectivity index (χ4n) is 6.69. The molecule has 2 unspecified atom stereocenters. The lowest BCUT2D eigenvalue weighted by Gasteiger charge is -2.40. The van der Waals surface area contributed by atoms with Crippen LogP contribution in [0.3, 0.4) is 0 Å². The number of ether oxygens (including phenoxy) is 4. The van der Waals surface area contributed by atoms with E-state index in [2.05, 4.69) is 63.8 Å². The first-order valence-corrected chi connectivity index (χ1v) is 19.0. The smallest absolute Gasteiger partial charge is 0.192 e. The highest BCUT2D eigenvalue weighted by Crippen LogP contribution is 2.50. The van der Waals surface area contributed by atoms with E-state index in [1.165, 1.54) is 12.7 Å². The molecule has 4 fully saturated rings. The molecule has 2 N–H and O–H groups in total. The molecule has 4 aromatic rings. The number of imidazole rings is 2. The maximum Gasteiger partial charge on any atom is 0.192 e. The van der Waals surface area contributed by atoms with E-state index in [0.717, 1.165) is 22.4 Å². The van der Waals surface area contributed by atoms with Crippen LogP contribution in [0.2, 0.25) is 18.1 Å². The molecule has 8 heterocycles. The summed E-state index contributed by atoms with van der Waals surface area (Å²) in [5, 5.41) is 20.6. The molecular formula is C31H44N8O7Si. The third kappa shape index (κ3) is 4.95. The SMILES string of the molecule is CC[C@]12CO[C@@H](C1O)[C@H](n1cnc3c(C)ncnc31)O2.Cc1ncnc2c1ncn2[C@@H]1O[C@@]2(CO)CO[C@H]1C2O[Si](C)(C)C(C)(C)C. The van der Waals surface area contributed by atoms with Gasteiger partial charge in [-0.25, -0.2) is 29.9 Å². The predicted molar refractivity (Wildman–Crippen MR) is 171 cm³/mol. The van der Waals surface area contributed by atoms with E-state index in [9.17, 15) is 10.2 Å². The Morgan fingerprint density at radius 3 is 1.87 bits per heavy atom. The van der Waals surface area contributed by atoms with Crippen molar-refractivity contribution in [1.82, 2.24) is 39.0 Å². The van der Waals surface area contributed by atoms with Gasteiger partial charge in [-0.15, -0.1) is 0 Å². The Bertz CT molecular complexity index is 1790. The summed E-state index contributed by atoms with van der Waals surface area (Å²) < 4.78 is 34.6. The van der Waals surface area contributed by atoms with Crippen LogP contribution in [-0.4, -0.2) is 113 Å². The molecule has 15 nitrogen and oxygen atoms in total. The fourth-order valence-corrected chi connectivity index (χ4v) is 8.02. The zero-order valence-electron chi connectivity index (χ0n) is 28.1. The summed E-state index contributed by atoms with van der Waals surface area (Å²) >= 11 is 0. The van der Waals surface area contributed by atoms with Crippen molar-refractivity contribution in [2.24, 2.45) is 0 Å². The topological polar surface area (TPSA) is 174 Å². The van der Waals surface area contributed by atoms with Crippen molar-refractivity contribution in [3.63, 3.8) is 0 Å². The molecule has 0 aromatic carbocycles. The largest absolute Gasteiger partial charge is 0.408 e. The molecular weight excluding hydrogens is 624 g/mol. The number of rotatable bonds is 6. The fraction of sp³-hybridized carbons (Fsp3) is 0.677. The molecule has 4 aliphatic rings. The number of nitrogens with zero attached hydrogens (tertiary/aromatic N) is 8. The zero-order chi connectivity index (χ0) is 33.5. The standard InChI is InChI=1S/C18H28N4O4Si.C13H16N4O3/c1-11-12-15(20-9-19-11)22(10-21-12)16-13-14(18(7-23,25-16)8-24-13)26-27(5,6)17(2,3)4;1-3-13-4-19-9(10(13)18)12(20-13)17-6-16-8-7(2)14-5-15-11(8)17/h9-10,13-14,16,23H,7-8H2,1-6H3;5-6,9-10,12,18H,3-4H2,1-2H3/t13-,14?,16+,18-;9-,10?,12+,13-/m00/s1. The quantitative estimate of drug-likeness (QED) is 0.287. The first kappa shape index (κ1) is 32.6. The molecule has 254 valence electrons. The summed E-state index contributed by atoms with van der Waals surface area (Å²) in [6, 6.07) is 0. The van der Waals surface area contributed by atoms with Crippen LogP contribution in [0, 0.1) is 13.8 Å². The number of aryl methyl sites for hydroxylation is 2. The third-order valence-corrected chi connectivity index (χ3v) is 15.2.